The van der Waals surface area contributed by atoms with Crippen molar-refractivity contribution in [3.63, 3.8) is 0 Å². The number of amides is 1. The van der Waals surface area contributed by atoms with Crippen LogP contribution in [0.25, 0.3) is 0 Å². The molecule has 6 nitrogen and oxygen atoms in total. The van der Waals surface area contributed by atoms with Gasteiger partial charge in [-0.05, 0) is 43.5 Å². The molecule has 2 N–H and O–H groups in total. The van der Waals surface area contributed by atoms with Crippen molar-refractivity contribution < 1.29 is 13.2 Å². The molecule has 1 aromatic carbocycles. The Bertz CT molecular complexity index is 687. The van der Waals surface area contributed by atoms with Crippen LogP contribution in [0.1, 0.15) is 25.3 Å². The van der Waals surface area contributed by atoms with Gasteiger partial charge in [-0.25, -0.2) is 13.1 Å². The number of sulfonamides is 1. The van der Waals surface area contributed by atoms with Gasteiger partial charge < -0.3 is 10.2 Å². The minimum atomic E-state index is -3.50. The molecule has 1 saturated heterocycles. The summed E-state index contributed by atoms with van der Waals surface area (Å²) in [5.74, 6) is 0.0502. The summed E-state index contributed by atoms with van der Waals surface area (Å²) >= 11 is 0. The molecule has 2 aliphatic heterocycles. The SMILES string of the molecule is CCNS(=O)(=O)c1ccc2c(c1)N(C(=O)C1CCCN1)CC2.Cl. The van der Waals surface area contributed by atoms with Gasteiger partial charge in [0.05, 0.1) is 10.9 Å². The maximum Gasteiger partial charge on any atom is 0.244 e. The van der Waals surface area contributed by atoms with E-state index in [2.05, 4.69) is 10.0 Å². The van der Waals surface area contributed by atoms with Gasteiger partial charge >= 0.3 is 0 Å². The van der Waals surface area contributed by atoms with Crippen LogP contribution in [-0.2, 0) is 21.2 Å². The molecular formula is C15H22ClN3O3S. The zero-order valence-corrected chi connectivity index (χ0v) is 14.7. The van der Waals surface area contributed by atoms with E-state index in [0.717, 1.165) is 37.1 Å². The molecule has 1 aromatic rings. The van der Waals surface area contributed by atoms with Crippen molar-refractivity contribution in [1.29, 1.82) is 0 Å². The topological polar surface area (TPSA) is 78.5 Å². The quantitative estimate of drug-likeness (QED) is 0.842. The minimum Gasteiger partial charge on any atom is -0.310 e. The first kappa shape index (κ1) is 18.2. The highest BCUT2D eigenvalue weighted by atomic mass is 35.5. The lowest BCUT2D eigenvalue weighted by atomic mass is 10.1. The average molecular weight is 360 g/mol. The normalized spacial score (nSPS) is 20.2. The average Bonchev–Trinajstić information content (AvgIpc) is 3.15. The largest absolute Gasteiger partial charge is 0.310 e. The molecule has 0 spiro atoms. The number of benzene rings is 1. The van der Waals surface area contributed by atoms with E-state index in [9.17, 15) is 13.2 Å². The first-order valence-electron chi connectivity index (χ1n) is 7.70. The standard InChI is InChI=1S/C15H21N3O3S.ClH/c1-2-17-22(20,21)12-6-5-11-7-9-18(14(11)10-12)15(19)13-4-3-8-16-13;/h5-6,10,13,16-17H,2-4,7-9H2,1H3;1H. The summed E-state index contributed by atoms with van der Waals surface area (Å²) in [6.45, 7) is 3.57. The number of rotatable bonds is 4. The fraction of sp³-hybridized carbons (Fsp3) is 0.533. The lowest BCUT2D eigenvalue weighted by molar-refractivity contribution is -0.120. The molecule has 0 bridgehead atoms. The molecule has 0 saturated carbocycles. The number of nitrogens with zero attached hydrogens (tertiary/aromatic N) is 1. The maximum absolute atomic E-state index is 12.6. The van der Waals surface area contributed by atoms with E-state index in [4.69, 9.17) is 0 Å². The molecule has 0 aromatic heterocycles. The first-order chi connectivity index (χ1) is 10.5. The van der Waals surface area contributed by atoms with Gasteiger partial charge in [0.15, 0.2) is 0 Å². The number of fused-ring (bicyclic) bond motifs is 1. The molecule has 128 valence electrons. The van der Waals surface area contributed by atoms with Crippen LogP contribution in [0.3, 0.4) is 0 Å². The lowest BCUT2D eigenvalue weighted by Gasteiger charge is -2.21. The van der Waals surface area contributed by atoms with Crippen LogP contribution in [0.15, 0.2) is 23.1 Å². The molecule has 1 amide bonds. The second-order valence-electron chi connectivity index (χ2n) is 5.68. The zero-order valence-electron chi connectivity index (χ0n) is 13.0. The second-order valence-corrected chi connectivity index (χ2v) is 7.45. The number of hydrogen-bond acceptors (Lipinski definition) is 4. The fourth-order valence-corrected chi connectivity index (χ4v) is 4.17. The van der Waals surface area contributed by atoms with E-state index in [-0.39, 0.29) is 29.3 Å². The summed E-state index contributed by atoms with van der Waals surface area (Å²) in [7, 11) is -3.50. The number of carbonyl (C=O) groups excluding carboxylic acids is 1. The summed E-state index contributed by atoms with van der Waals surface area (Å²) in [6, 6.07) is 4.90. The van der Waals surface area contributed by atoms with Crippen LogP contribution < -0.4 is 14.9 Å². The number of nitrogens with one attached hydrogen (secondary N) is 2. The van der Waals surface area contributed by atoms with Crippen molar-refractivity contribution in [3.05, 3.63) is 23.8 Å². The molecule has 3 rings (SSSR count). The van der Waals surface area contributed by atoms with E-state index < -0.39 is 10.0 Å². The van der Waals surface area contributed by atoms with Crippen LogP contribution >= 0.6 is 12.4 Å². The van der Waals surface area contributed by atoms with Crippen molar-refractivity contribution in [1.82, 2.24) is 10.0 Å². The van der Waals surface area contributed by atoms with E-state index >= 15 is 0 Å². The fourth-order valence-electron chi connectivity index (χ4n) is 3.11. The molecule has 23 heavy (non-hydrogen) atoms. The molecule has 2 heterocycles. The van der Waals surface area contributed by atoms with Gasteiger partial charge in [-0.2, -0.15) is 0 Å². The van der Waals surface area contributed by atoms with Crippen molar-refractivity contribution in [3.8, 4) is 0 Å². The Hall–Kier alpha value is -1.15. The molecule has 8 heteroatoms. The molecule has 0 aliphatic carbocycles. The van der Waals surface area contributed by atoms with Crippen LogP contribution in [-0.4, -0.2) is 40.0 Å². The third-order valence-corrected chi connectivity index (χ3v) is 5.76. The van der Waals surface area contributed by atoms with E-state index in [1.165, 1.54) is 0 Å². The highest BCUT2D eigenvalue weighted by molar-refractivity contribution is 7.89. The number of carbonyl (C=O) groups is 1. The van der Waals surface area contributed by atoms with Crippen LogP contribution in [0.5, 0.6) is 0 Å². The Morgan fingerprint density at radius 1 is 1.43 bits per heavy atom. The van der Waals surface area contributed by atoms with Crippen molar-refractivity contribution in [2.24, 2.45) is 0 Å². The van der Waals surface area contributed by atoms with Crippen LogP contribution in [0.4, 0.5) is 5.69 Å². The summed E-state index contributed by atoms with van der Waals surface area (Å²) in [4.78, 5) is 14.5. The third kappa shape index (κ3) is 3.52. The first-order valence-corrected chi connectivity index (χ1v) is 9.18. The predicted octanol–water partition coefficient (Wildman–Crippen LogP) is 1.05. The van der Waals surface area contributed by atoms with E-state index in [0.29, 0.717) is 13.1 Å². The van der Waals surface area contributed by atoms with Gasteiger partial charge in [-0.15, -0.1) is 12.4 Å². The van der Waals surface area contributed by atoms with E-state index in [1.54, 1.807) is 24.0 Å². The highest BCUT2D eigenvalue weighted by Crippen LogP contribution is 2.31. The predicted molar refractivity (Wildman–Crippen MR) is 91.6 cm³/mol. The summed E-state index contributed by atoms with van der Waals surface area (Å²) in [5, 5.41) is 3.21. The van der Waals surface area contributed by atoms with Crippen molar-refractivity contribution in [2.75, 3.05) is 24.5 Å². The smallest absolute Gasteiger partial charge is 0.244 e. The Morgan fingerprint density at radius 3 is 2.87 bits per heavy atom. The number of halogens is 1. The minimum absolute atomic E-state index is 0. The molecule has 1 atom stereocenters. The molecule has 2 aliphatic rings. The molecule has 1 unspecified atom stereocenters. The van der Waals surface area contributed by atoms with E-state index in [1.807, 2.05) is 6.07 Å². The summed E-state index contributed by atoms with van der Waals surface area (Å²) < 4.78 is 26.8. The van der Waals surface area contributed by atoms with Gasteiger partial charge in [0.1, 0.15) is 0 Å². The van der Waals surface area contributed by atoms with Crippen LogP contribution in [0, 0.1) is 0 Å². The Kier molecular flexibility index (Phi) is 5.67. The Morgan fingerprint density at radius 2 is 2.22 bits per heavy atom. The number of hydrogen-bond donors (Lipinski definition) is 2. The number of anilines is 1. The molecule has 0 radical (unpaired) electrons. The van der Waals surface area contributed by atoms with Gasteiger partial charge in [-0.3, -0.25) is 4.79 Å². The zero-order chi connectivity index (χ0) is 15.7. The third-order valence-electron chi connectivity index (χ3n) is 4.22. The summed E-state index contributed by atoms with van der Waals surface area (Å²) in [5.41, 5.74) is 1.76. The van der Waals surface area contributed by atoms with Gasteiger partial charge in [0.25, 0.3) is 0 Å². The summed E-state index contributed by atoms with van der Waals surface area (Å²) in [6.07, 6.45) is 2.63. The monoisotopic (exact) mass is 359 g/mol. The van der Waals surface area contributed by atoms with Crippen molar-refractivity contribution in [2.45, 2.75) is 37.1 Å². The maximum atomic E-state index is 12.6. The van der Waals surface area contributed by atoms with Crippen molar-refractivity contribution >= 4 is 34.0 Å². The highest BCUT2D eigenvalue weighted by Gasteiger charge is 2.32. The Labute approximate surface area is 143 Å². The molecule has 1 fully saturated rings. The lowest BCUT2D eigenvalue weighted by Crippen LogP contribution is -2.43. The van der Waals surface area contributed by atoms with Crippen LogP contribution in [0.2, 0.25) is 0 Å². The van der Waals surface area contributed by atoms with Gasteiger partial charge in [0.2, 0.25) is 15.9 Å². The Balaban J connectivity index is 0.00000192. The van der Waals surface area contributed by atoms with Gasteiger partial charge in [0, 0.05) is 18.8 Å². The second kappa shape index (κ2) is 7.17. The molecular weight excluding hydrogens is 338 g/mol. The van der Waals surface area contributed by atoms with Gasteiger partial charge in [-0.1, -0.05) is 13.0 Å².